The number of thiazole rings is 1. The van der Waals surface area contributed by atoms with Gasteiger partial charge in [0.1, 0.15) is 5.01 Å². The minimum Gasteiger partial charge on any atom is -0.355 e. The van der Waals surface area contributed by atoms with E-state index in [0.717, 1.165) is 16.3 Å². The van der Waals surface area contributed by atoms with Crippen molar-refractivity contribution >= 4 is 28.8 Å². The number of hydrogen-bond acceptors (Lipinski definition) is 4. The average molecular weight is 351 g/mol. The van der Waals surface area contributed by atoms with Gasteiger partial charge in [0.2, 0.25) is 5.91 Å². The number of rotatable bonds is 5. The van der Waals surface area contributed by atoms with Crippen molar-refractivity contribution in [3.63, 3.8) is 0 Å². The minimum absolute atomic E-state index is 0.141. The predicted molar refractivity (Wildman–Crippen MR) is 99.7 cm³/mol. The first-order valence-electron chi connectivity index (χ1n) is 7.77. The van der Waals surface area contributed by atoms with Gasteiger partial charge in [-0.05, 0) is 24.3 Å². The zero-order valence-electron chi connectivity index (χ0n) is 13.7. The van der Waals surface area contributed by atoms with Crippen LogP contribution in [0.25, 0.3) is 10.6 Å². The topological polar surface area (TPSA) is 71.1 Å². The summed E-state index contributed by atoms with van der Waals surface area (Å²) in [7, 11) is 1.58. The van der Waals surface area contributed by atoms with Crippen molar-refractivity contribution in [1.29, 1.82) is 0 Å². The normalized spacial score (nSPS) is 10.3. The zero-order chi connectivity index (χ0) is 17.6. The van der Waals surface area contributed by atoms with Gasteiger partial charge in [-0.1, -0.05) is 30.3 Å². The van der Waals surface area contributed by atoms with Gasteiger partial charge in [0.05, 0.1) is 12.1 Å². The molecule has 2 N–H and O–H groups in total. The van der Waals surface area contributed by atoms with E-state index in [0.29, 0.717) is 11.3 Å². The molecule has 0 aliphatic heterocycles. The summed E-state index contributed by atoms with van der Waals surface area (Å²) in [4.78, 5) is 28.2. The van der Waals surface area contributed by atoms with Crippen molar-refractivity contribution in [2.24, 2.45) is 0 Å². The standard InChI is InChI=1S/C19H17N3O2S/c1-20-18(24)13-7-9-15(10-8-13)21-17(23)11-16-12-25-19(22-16)14-5-3-2-4-6-14/h2-10,12H,11H2,1H3,(H,20,24)(H,21,23). The van der Waals surface area contributed by atoms with Gasteiger partial charge in [-0.3, -0.25) is 9.59 Å². The van der Waals surface area contributed by atoms with Crippen LogP contribution in [0.4, 0.5) is 5.69 Å². The minimum atomic E-state index is -0.159. The van der Waals surface area contributed by atoms with Crippen LogP contribution in [0.1, 0.15) is 16.1 Å². The van der Waals surface area contributed by atoms with Crippen molar-refractivity contribution in [3.8, 4) is 10.6 Å². The lowest BCUT2D eigenvalue weighted by Gasteiger charge is -2.05. The maximum atomic E-state index is 12.2. The Kier molecular flexibility index (Phi) is 5.20. The lowest BCUT2D eigenvalue weighted by molar-refractivity contribution is -0.115. The van der Waals surface area contributed by atoms with E-state index in [9.17, 15) is 9.59 Å². The number of nitrogens with zero attached hydrogens (tertiary/aromatic N) is 1. The van der Waals surface area contributed by atoms with Crippen LogP contribution in [-0.2, 0) is 11.2 Å². The summed E-state index contributed by atoms with van der Waals surface area (Å²) < 4.78 is 0. The number of carbonyl (C=O) groups excluding carboxylic acids is 2. The van der Waals surface area contributed by atoms with E-state index < -0.39 is 0 Å². The van der Waals surface area contributed by atoms with Gasteiger partial charge in [0.15, 0.2) is 0 Å². The first-order valence-corrected chi connectivity index (χ1v) is 8.65. The Balaban J connectivity index is 1.61. The second-order valence-corrected chi connectivity index (χ2v) is 6.25. The Bertz CT molecular complexity index is 873. The summed E-state index contributed by atoms with van der Waals surface area (Å²) in [5.74, 6) is -0.300. The molecular formula is C19H17N3O2S. The highest BCUT2D eigenvalue weighted by atomic mass is 32.1. The number of nitrogens with one attached hydrogen (secondary N) is 2. The Morgan fingerprint density at radius 3 is 2.44 bits per heavy atom. The first kappa shape index (κ1) is 16.9. The quantitative estimate of drug-likeness (QED) is 0.740. The van der Waals surface area contributed by atoms with Crippen molar-refractivity contribution in [1.82, 2.24) is 10.3 Å². The molecule has 2 amide bonds. The summed E-state index contributed by atoms with van der Waals surface area (Å²) in [5.41, 5.74) is 2.98. The molecule has 2 aromatic carbocycles. The second-order valence-electron chi connectivity index (χ2n) is 5.39. The molecule has 6 heteroatoms. The lowest BCUT2D eigenvalue weighted by Crippen LogP contribution is -2.18. The van der Waals surface area contributed by atoms with Crippen LogP contribution >= 0.6 is 11.3 Å². The monoisotopic (exact) mass is 351 g/mol. The number of benzene rings is 2. The molecule has 0 saturated carbocycles. The van der Waals surface area contributed by atoms with Crippen molar-refractivity contribution in [2.45, 2.75) is 6.42 Å². The van der Waals surface area contributed by atoms with Crippen LogP contribution in [0, 0.1) is 0 Å². The smallest absolute Gasteiger partial charge is 0.251 e. The fourth-order valence-corrected chi connectivity index (χ4v) is 3.15. The van der Waals surface area contributed by atoms with E-state index in [2.05, 4.69) is 15.6 Å². The zero-order valence-corrected chi connectivity index (χ0v) is 14.5. The molecule has 0 spiro atoms. The van der Waals surface area contributed by atoms with Gasteiger partial charge in [0, 0.05) is 29.2 Å². The van der Waals surface area contributed by atoms with Crippen molar-refractivity contribution in [3.05, 3.63) is 71.2 Å². The fraction of sp³-hybridized carbons (Fsp3) is 0.105. The molecule has 0 atom stereocenters. The van der Waals surface area contributed by atoms with Gasteiger partial charge >= 0.3 is 0 Å². The summed E-state index contributed by atoms with van der Waals surface area (Å²) >= 11 is 1.52. The molecule has 0 aliphatic rings. The SMILES string of the molecule is CNC(=O)c1ccc(NC(=O)Cc2csc(-c3ccccc3)n2)cc1. The largest absolute Gasteiger partial charge is 0.355 e. The number of aromatic nitrogens is 1. The Hall–Kier alpha value is -2.99. The number of anilines is 1. The molecule has 0 saturated heterocycles. The molecule has 0 aliphatic carbocycles. The Labute approximate surface area is 149 Å². The molecule has 25 heavy (non-hydrogen) atoms. The molecule has 1 aromatic heterocycles. The highest BCUT2D eigenvalue weighted by molar-refractivity contribution is 7.13. The fourth-order valence-electron chi connectivity index (χ4n) is 2.32. The third kappa shape index (κ3) is 4.30. The molecule has 0 radical (unpaired) electrons. The Morgan fingerprint density at radius 2 is 1.76 bits per heavy atom. The number of amides is 2. The molecule has 5 nitrogen and oxygen atoms in total. The van der Waals surface area contributed by atoms with E-state index in [1.54, 1.807) is 31.3 Å². The highest BCUT2D eigenvalue weighted by Crippen LogP contribution is 2.23. The van der Waals surface area contributed by atoms with Crippen LogP contribution in [0.15, 0.2) is 60.0 Å². The number of hydrogen-bond donors (Lipinski definition) is 2. The van der Waals surface area contributed by atoms with Gasteiger partial charge in [0.25, 0.3) is 5.91 Å². The summed E-state index contributed by atoms with van der Waals surface area (Å²) in [6.45, 7) is 0. The second kappa shape index (κ2) is 7.72. The lowest BCUT2D eigenvalue weighted by atomic mass is 10.2. The molecular weight excluding hydrogens is 334 g/mol. The summed E-state index contributed by atoms with van der Waals surface area (Å²) in [6, 6.07) is 16.6. The Morgan fingerprint density at radius 1 is 1.04 bits per heavy atom. The molecule has 3 rings (SSSR count). The van der Waals surface area contributed by atoms with E-state index in [4.69, 9.17) is 0 Å². The summed E-state index contributed by atoms with van der Waals surface area (Å²) in [5, 5.41) is 8.17. The van der Waals surface area contributed by atoms with Gasteiger partial charge in [-0.15, -0.1) is 11.3 Å². The van der Waals surface area contributed by atoms with Crippen LogP contribution in [0.5, 0.6) is 0 Å². The molecule has 0 bridgehead atoms. The molecule has 1 heterocycles. The average Bonchev–Trinajstić information content (AvgIpc) is 3.10. The number of carbonyl (C=O) groups is 2. The predicted octanol–water partition coefficient (Wildman–Crippen LogP) is 3.35. The van der Waals surface area contributed by atoms with Crippen LogP contribution in [0.2, 0.25) is 0 Å². The maximum absolute atomic E-state index is 12.2. The van der Waals surface area contributed by atoms with Crippen LogP contribution in [0.3, 0.4) is 0 Å². The summed E-state index contributed by atoms with van der Waals surface area (Å²) in [6.07, 6.45) is 0.209. The van der Waals surface area contributed by atoms with Crippen LogP contribution in [-0.4, -0.2) is 23.8 Å². The van der Waals surface area contributed by atoms with E-state index >= 15 is 0 Å². The van der Waals surface area contributed by atoms with Gasteiger partial charge in [-0.25, -0.2) is 4.98 Å². The third-order valence-corrected chi connectivity index (χ3v) is 4.51. The first-order chi connectivity index (χ1) is 12.2. The van der Waals surface area contributed by atoms with Crippen LogP contribution < -0.4 is 10.6 Å². The van der Waals surface area contributed by atoms with Crippen molar-refractivity contribution < 1.29 is 9.59 Å². The van der Waals surface area contributed by atoms with Crippen molar-refractivity contribution in [2.75, 3.05) is 12.4 Å². The van der Waals surface area contributed by atoms with E-state index in [1.165, 1.54) is 11.3 Å². The molecule has 0 fully saturated rings. The van der Waals surface area contributed by atoms with E-state index in [1.807, 2.05) is 35.7 Å². The molecule has 126 valence electrons. The molecule has 3 aromatic rings. The van der Waals surface area contributed by atoms with Gasteiger partial charge < -0.3 is 10.6 Å². The van der Waals surface area contributed by atoms with E-state index in [-0.39, 0.29) is 18.2 Å². The maximum Gasteiger partial charge on any atom is 0.251 e. The molecule has 0 unspecified atom stereocenters. The van der Waals surface area contributed by atoms with Gasteiger partial charge in [-0.2, -0.15) is 0 Å². The highest BCUT2D eigenvalue weighted by Gasteiger charge is 2.10. The third-order valence-electron chi connectivity index (χ3n) is 3.57.